The molecular weight excluding hydrogens is 383 g/mol. The number of pyridine rings is 1. The third-order valence-electron chi connectivity index (χ3n) is 5.05. The number of halogens is 1. The van der Waals surface area contributed by atoms with Crippen molar-refractivity contribution in [1.29, 1.82) is 0 Å². The summed E-state index contributed by atoms with van der Waals surface area (Å²) >= 11 is 0. The smallest absolute Gasteiger partial charge is 0.204 e. The second-order valence-electron chi connectivity index (χ2n) is 7.36. The molecule has 1 aliphatic rings. The predicted molar refractivity (Wildman–Crippen MR) is 114 cm³/mol. The summed E-state index contributed by atoms with van der Waals surface area (Å²) < 4.78 is 19.6. The molecule has 4 heterocycles. The number of para-hydroxylation sites is 1. The molecule has 5 rings (SSSR count). The number of fused-ring (bicyclic) bond motifs is 2. The molecule has 30 heavy (non-hydrogen) atoms. The van der Waals surface area contributed by atoms with E-state index >= 15 is 0 Å². The lowest BCUT2D eigenvalue weighted by atomic mass is 10.1. The van der Waals surface area contributed by atoms with E-state index in [9.17, 15) is 4.39 Å². The largest absolute Gasteiger partial charge is 0.484 e. The molecule has 0 spiro atoms. The fourth-order valence-corrected chi connectivity index (χ4v) is 3.61. The van der Waals surface area contributed by atoms with E-state index in [0.717, 1.165) is 18.1 Å². The minimum absolute atomic E-state index is 0.116. The number of rotatable bonds is 5. The normalized spacial score (nSPS) is 15.3. The van der Waals surface area contributed by atoms with Gasteiger partial charge in [-0.3, -0.25) is 4.98 Å². The van der Waals surface area contributed by atoms with E-state index in [1.54, 1.807) is 6.20 Å². The lowest BCUT2D eigenvalue weighted by Gasteiger charge is -2.26. The molecular formula is C22H21FN6O. The lowest BCUT2D eigenvalue weighted by Crippen LogP contribution is -2.30. The molecule has 3 N–H and O–H groups in total. The topological polar surface area (TPSA) is 87.8 Å². The van der Waals surface area contributed by atoms with Crippen LogP contribution in [-0.2, 0) is 6.42 Å². The minimum atomic E-state index is -0.430. The van der Waals surface area contributed by atoms with Gasteiger partial charge >= 0.3 is 0 Å². The van der Waals surface area contributed by atoms with Gasteiger partial charge in [-0.05, 0) is 31.0 Å². The van der Waals surface area contributed by atoms with Crippen LogP contribution in [0.3, 0.4) is 0 Å². The fraction of sp³-hybridized carbons (Fsp3) is 0.227. The molecule has 0 radical (unpaired) electrons. The summed E-state index contributed by atoms with van der Waals surface area (Å²) in [5.41, 5.74) is 2.86. The molecule has 1 unspecified atom stereocenters. The van der Waals surface area contributed by atoms with Crippen molar-refractivity contribution in [1.82, 2.24) is 19.9 Å². The van der Waals surface area contributed by atoms with Crippen LogP contribution in [0.15, 0.2) is 48.9 Å². The molecule has 4 aromatic rings. The van der Waals surface area contributed by atoms with E-state index in [4.69, 9.17) is 4.74 Å². The van der Waals surface area contributed by atoms with Crippen molar-refractivity contribution in [2.75, 3.05) is 23.8 Å². The van der Waals surface area contributed by atoms with Gasteiger partial charge in [0.2, 0.25) is 5.75 Å². The van der Waals surface area contributed by atoms with Crippen molar-refractivity contribution in [2.24, 2.45) is 0 Å². The average molecular weight is 404 g/mol. The van der Waals surface area contributed by atoms with Crippen LogP contribution in [-0.4, -0.2) is 39.1 Å². The van der Waals surface area contributed by atoms with E-state index < -0.39 is 5.82 Å². The van der Waals surface area contributed by atoms with Gasteiger partial charge < -0.3 is 20.4 Å². The first-order valence-corrected chi connectivity index (χ1v) is 9.88. The summed E-state index contributed by atoms with van der Waals surface area (Å²) in [4.78, 5) is 16.3. The van der Waals surface area contributed by atoms with Crippen LogP contribution in [0.2, 0.25) is 0 Å². The van der Waals surface area contributed by atoms with Crippen molar-refractivity contribution in [3.05, 3.63) is 60.3 Å². The molecule has 1 aliphatic heterocycles. The highest BCUT2D eigenvalue weighted by molar-refractivity contribution is 5.83. The van der Waals surface area contributed by atoms with Crippen LogP contribution >= 0.6 is 0 Å². The van der Waals surface area contributed by atoms with Gasteiger partial charge in [0.05, 0.1) is 12.2 Å². The van der Waals surface area contributed by atoms with Crippen molar-refractivity contribution >= 4 is 22.5 Å². The van der Waals surface area contributed by atoms with Crippen LogP contribution in [0, 0.1) is 5.82 Å². The Balaban J connectivity index is 1.43. The molecule has 8 heteroatoms. The molecule has 0 amide bonds. The van der Waals surface area contributed by atoms with E-state index in [0.29, 0.717) is 41.9 Å². The highest BCUT2D eigenvalue weighted by atomic mass is 19.1. The Hall–Kier alpha value is -3.68. The van der Waals surface area contributed by atoms with Crippen molar-refractivity contribution in [2.45, 2.75) is 19.4 Å². The number of aromatic nitrogens is 4. The van der Waals surface area contributed by atoms with E-state index in [2.05, 4.69) is 42.7 Å². The number of nitrogens with zero attached hydrogens (tertiary/aromatic N) is 3. The highest BCUT2D eigenvalue weighted by Crippen LogP contribution is 2.36. The molecule has 3 aromatic heterocycles. The van der Waals surface area contributed by atoms with Gasteiger partial charge in [-0.25, -0.2) is 14.4 Å². The number of anilines is 2. The van der Waals surface area contributed by atoms with E-state index in [1.807, 2.05) is 25.3 Å². The summed E-state index contributed by atoms with van der Waals surface area (Å²) in [6.45, 7) is 3.19. The maximum Gasteiger partial charge on any atom is 0.204 e. The van der Waals surface area contributed by atoms with Gasteiger partial charge in [-0.15, -0.1) is 0 Å². The number of hydrogen-bond donors (Lipinski definition) is 3. The first kappa shape index (κ1) is 18.4. The molecule has 0 bridgehead atoms. The molecule has 0 saturated heterocycles. The van der Waals surface area contributed by atoms with Gasteiger partial charge in [-0.1, -0.05) is 18.2 Å². The summed E-state index contributed by atoms with van der Waals surface area (Å²) in [6, 6.07) is 9.71. The zero-order valence-corrected chi connectivity index (χ0v) is 16.4. The van der Waals surface area contributed by atoms with Crippen LogP contribution in [0.1, 0.15) is 12.5 Å². The van der Waals surface area contributed by atoms with E-state index in [1.165, 1.54) is 17.0 Å². The van der Waals surface area contributed by atoms with Crippen LogP contribution < -0.4 is 15.4 Å². The first-order valence-electron chi connectivity index (χ1n) is 9.88. The minimum Gasteiger partial charge on any atom is -0.484 e. The van der Waals surface area contributed by atoms with Gasteiger partial charge in [0.25, 0.3) is 0 Å². The molecule has 1 atom stereocenters. The second kappa shape index (κ2) is 7.62. The number of aromatic amines is 1. The highest BCUT2D eigenvalue weighted by Gasteiger charge is 2.23. The maximum absolute atomic E-state index is 13.7. The zero-order valence-electron chi connectivity index (χ0n) is 16.4. The van der Waals surface area contributed by atoms with Crippen molar-refractivity contribution in [3.8, 4) is 17.1 Å². The van der Waals surface area contributed by atoms with Crippen LogP contribution in [0.4, 0.5) is 16.0 Å². The third-order valence-corrected chi connectivity index (χ3v) is 5.05. The molecule has 0 fully saturated rings. The van der Waals surface area contributed by atoms with Gasteiger partial charge in [0, 0.05) is 35.4 Å². The Kier molecular flexibility index (Phi) is 4.66. The standard InChI is InChI=1S/C22H21FN6O/c1-13-12-30-19-21(25-7-6-14-10-26-18-5-3-2-4-17(14)18)28-20(29-22(19)27-13)15-8-16(23)11-24-9-15/h2-5,8-11,13,26H,6-7,12H2,1H3,(H2,25,27,28,29). The second-order valence-corrected chi connectivity index (χ2v) is 7.36. The summed E-state index contributed by atoms with van der Waals surface area (Å²) in [6.07, 6.45) is 5.55. The molecule has 0 aliphatic carbocycles. The summed E-state index contributed by atoms with van der Waals surface area (Å²) in [7, 11) is 0. The fourth-order valence-electron chi connectivity index (χ4n) is 3.61. The molecule has 0 saturated carbocycles. The lowest BCUT2D eigenvalue weighted by molar-refractivity contribution is 0.290. The number of benzene rings is 1. The SMILES string of the molecule is CC1COc2c(NCCc3c[nH]c4ccccc34)nc(-c3cncc(F)c3)nc2N1. The van der Waals surface area contributed by atoms with Crippen LogP contribution in [0.25, 0.3) is 22.3 Å². The van der Waals surface area contributed by atoms with Crippen LogP contribution in [0.5, 0.6) is 5.75 Å². The quantitative estimate of drug-likeness (QED) is 0.466. The maximum atomic E-state index is 13.7. The monoisotopic (exact) mass is 404 g/mol. The number of nitrogens with one attached hydrogen (secondary N) is 3. The van der Waals surface area contributed by atoms with Gasteiger partial charge in [-0.2, -0.15) is 0 Å². The predicted octanol–water partition coefficient (Wildman–Crippen LogP) is 4.01. The van der Waals surface area contributed by atoms with E-state index in [-0.39, 0.29) is 6.04 Å². The Morgan fingerprint density at radius 1 is 1.23 bits per heavy atom. The Labute approximate surface area is 172 Å². The first-order chi connectivity index (χ1) is 14.7. The number of H-pyrrole nitrogens is 1. The van der Waals surface area contributed by atoms with Gasteiger partial charge in [0.1, 0.15) is 12.4 Å². The number of hydrogen-bond acceptors (Lipinski definition) is 6. The molecule has 1 aromatic carbocycles. The third kappa shape index (κ3) is 3.52. The van der Waals surface area contributed by atoms with Gasteiger partial charge in [0.15, 0.2) is 17.5 Å². The Morgan fingerprint density at radius 2 is 2.13 bits per heavy atom. The molecule has 152 valence electrons. The van der Waals surface area contributed by atoms with Crippen molar-refractivity contribution in [3.63, 3.8) is 0 Å². The Morgan fingerprint density at radius 3 is 3.03 bits per heavy atom. The Bertz CT molecular complexity index is 1210. The zero-order chi connectivity index (χ0) is 20.5. The molecule has 7 nitrogen and oxygen atoms in total. The average Bonchev–Trinajstić information content (AvgIpc) is 3.16. The summed E-state index contributed by atoms with van der Waals surface area (Å²) in [5.74, 6) is 1.72. The summed E-state index contributed by atoms with van der Waals surface area (Å²) in [5, 5.41) is 7.90. The van der Waals surface area contributed by atoms with Crippen molar-refractivity contribution < 1.29 is 9.13 Å². The number of ether oxygens (including phenoxy) is 1.